The van der Waals surface area contributed by atoms with Crippen molar-refractivity contribution in [1.82, 2.24) is 10.6 Å². The van der Waals surface area contributed by atoms with E-state index in [-0.39, 0.29) is 24.3 Å². The molecule has 1 atom stereocenters. The number of amides is 1. The smallest absolute Gasteiger partial charge is 0.235 e. The topological polar surface area (TPSA) is 64.9 Å². The molecule has 6 heteroatoms. The van der Waals surface area contributed by atoms with E-state index in [1.54, 1.807) is 23.5 Å². The van der Waals surface area contributed by atoms with E-state index in [1.165, 1.54) is 12.1 Å². The molecule has 1 saturated carbocycles. The first kappa shape index (κ1) is 17.6. The van der Waals surface area contributed by atoms with E-state index in [4.69, 9.17) is 0 Å². The monoisotopic (exact) mass is 357 g/mol. The van der Waals surface area contributed by atoms with E-state index in [9.17, 15) is 14.4 Å². The minimum atomic E-state index is -0.715. The molecule has 1 aliphatic rings. The number of carbonyl (C=O) groups excluding carboxylic acids is 1. The first-order valence-electron chi connectivity index (χ1n) is 8.36. The van der Waals surface area contributed by atoms with Crippen LogP contribution in [0, 0.1) is 17.1 Å². The van der Waals surface area contributed by atoms with Gasteiger partial charge in [0.2, 0.25) is 5.91 Å². The Morgan fingerprint density at radius 1 is 1.28 bits per heavy atom. The molecule has 1 heterocycles. The lowest BCUT2D eigenvalue weighted by molar-refractivity contribution is -0.121. The summed E-state index contributed by atoms with van der Waals surface area (Å²) in [5.74, 6) is -0.476. The number of halogens is 1. The van der Waals surface area contributed by atoms with Crippen LogP contribution in [0.1, 0.15) is 42.2 Å². The van der Waals surface area contributed by atoms with Crippen molar-refractivity contribution in [3.63, 3.8) is 0 Å². The highest BCUT2D eigenvalue weighted by Gasteiger charge is 2.35. The molecule has 0 saturated heterocycles. The molecule has 130 valence electrons. The van der Waals surface area contributed by atoms with Crippen molar-refractivity contribution in [2.45, 2.75) is 37.3 Å². The van der Waals surface area contributed by atoms with Crippen LogP contribution in [0.2, 0.25) is 0 Å². The zero-order valence-corrected chi connectivity index (χ0v) is 14.6. The molecular formula is C19H20FN3OS. The molecule has 0 aliphatic heterocycles. The molecule has 0 radical (unpaired) electrons. The molecule has 1 aromatic carbocycles. The summed E-state index contributed by atoms with van der Waals surface area (Å²) in [6.45, 7) is 0.101. The molecule has 1 fully saturated rings. The predicted molar refractivity (Wildman–Crippen MR) is 95.5 cm³/mol. The van der Waals surface area contributed by atoms with Crippen LogP contribution in [-0.4, -0.2) is 18.0 Å². The normalized spacial score (nSPS) is 17.0. The van der Waals surface area contributed by atoms with Gasteiger partial charge in [-0.15, -0.1) is 11.3 Å². The Morgan fingerprint density at radius 3 is 2.60 bits per heavy atom. The van der Waals surface area contributed by atoms with Crippen molar-refractivity contribution in [1.29, 1.82) is 5.26 Å². The van der Waals surface area contributed by atoms with Crippen LogP contribution >= 0.6 is 11.3 Å². The number of rotatable bonds is 6. The van der Waals surface area contributed by atoms with E-state index < -0.39 is 5.54 Å². The summed E-state index contributed by atoms with van der Waals surface area (Å²) in [7, 11) is 0. The van der Waals surface area contributed by atoms with Gasteiger partial charge in [0.25, 0.3) is 0 Å². The van der Waals surface area contributed by atoms with Gasteiger partial charge in [0.15, 0.2) is 0 Å². The average molecular weight is 357 g/mol. The van der Waals surface area contributed by atoms with Crippen LogP contribution in [0.3, 0.4) is 0 Å². The molecule has 3 rings (SSSR count). The zero-order valence-electron chi connectivity index (χ0n) is 13.8. The van der Waals surface area contributed by atoms with Crippen LogP contribution in [0.5, 0.6) is 0 Å². The number of hydrogen-bond donors (Lipinski definition) is 2. The van der Waals surface area contributed by atoms with Crippen LogP contribution in [0.25, 0.3) is 0 Å². The number of nitrogens with zero attached hydrogens (tertiary/aromatic N) is 1. The maximum absolute atomic E-state index is 13.2. The number of carbonyl (C=O) groups is 1. The molecule has 2 N–H and O–H groups in total. The Balaban J connectivity index is 1.68. The van der Waals surface area contributed by atoms with Crippen LogP contribution in [0.4, 0.5) is 4.39 Å². The Labute approximate surface area is 150 Å². The highest BCUT2D eigenvalue weighted by molar-refractivity contribution is 7.10. The van der Waals surface area contributed by atoms with Crippen molar-refractivity contribution < 1.29 is 9.18 Å². The standard InChI is InChI=1S/C19H20FN3OS/c20-15-7-5-14(6-8-15)18(16-4-3-11-25-16)22-12-17(24)23-19(13-21)9-1-2-10-19/h3-8,11,18,22H,1-2,9-10,12H2,(H,23,24)/t18-/m0/s1. The predicted octanol–water partition coefficient (Wildman–Crippen LogP) is 3.52. The fourth-order valence-electron chi connectivity index (χ4n) is 3.24. The molecule has 25 heavy (non-hydrogen) atoms. The molecule has 0 unspecified atom stereocenters. The number of hydrogen-bond acceptors (Lipinski definition) is 4. The van der Waals surface area contributed by atoms with Gasteiger partial charge in [-0.05, 0) is 54.8 Å². The minimum absolute atomic E-state index is 0.101. The Kier molecular flexibility index (Phi) is 5.47. The molecule has 0 bridgehead atoms. The van der Waals surface area contributed by atoms with Crippen LogP contribution in [-0.2, 0) is 4.79 Å². The quantitative estimate of drug-likeness (QED) is 0.831. The average Bonchev–Trinajstić information content (AvgIpc) is 3.29. The van der Waals surface area contributed by atoms with Crippen molar-refractivity contribution >= 4 is 17.2 Å². The summed E-state index contributed by atoms with van der Waals surface area (Å²) < 4.78 is 13.2. The summed E-state index contributed by atoms with van der Waals surface area (Å²) in [6, 6.07) is 12.3. The molecule has 1 amide bonds. The zero-order chi connectivity index (χ0) is 17.7. The third-order valence-corrected chi connectivity index (χ3v) is 5.48. The highest BCUT2D eigenvalue weighted by atomic mass is 32.1. The molecule has 1 aliphatic carbocycles. The first-order chi connectivity index (χ1) is 12.1. The SMILES string of the molecule is N#CC1(NC(=O)CN[C@@H](c2ccc(F)cc2)c2cccs2)CCCC1. The lowest BCUT2D eigenvalue weighted by Gasteiger charge is -2.23. The largest absolute Gasteiger partial charge is 0.337 e. The van der Waals surface area contributed by atoms with Crippen LogP contribution < -0.4 is 10.6 Å². The third-order valence-electron chi connectivity index (χ3n) is 4.55. The first-order valence-corrected chi connectivity index (χ1v) is 9.24. The number of nitriles is 1. The van der Waals surface area contributed by atoms with Crippen molar-refractivity contribution in [3.8, 4) is 6.07 Å². The second-order valence-electron chi connectivity index (χ2n) is 6.33. The van der Waals surface area contributed by atoms with Gasteiger partial charge in [-0.3, -0.25) is 10.1 Å². The number of benzene rings is 1. The van der Waals surface area contributed by atoms with Crippen molar-refractivity contribution in [3.05, 3.63) is 58.0 Å². The molecule has 4 nitrogen and oxygen atoms in total. The molecular weight excluding hydrogens is 337 g/mol. The molecule has 1 aromatic heterocycles. The van der Waals surface area contributed by atoms with E-state index in [0.29, 0.717) is 12.8 Å². The summed E-state index contributed by atoms with van der Waals surface area (Å²) in [5.41, 5.74) is 0.181. The fourth-order valence-corrected chi connectivity index (χ4v) is 4.07. The Bertz CT molecular complexity index is 746. The Morgan fingerprint density at radius 2 is 2.00 bits per heavy atom. The fraction of sp³-hybridized carbons (Fsp3) is 0.368. The van der Waals surface area contributed by atoms with Gasteiger partial charge in [-0.25, -0.2) is 4.39 Å². The van der Waals surface area contributed by atoms with Gasteiger partial charge < -0.3 is 5.32 Å². The van der Waals surface area contributed by atoms with Gasteiger partial charge in [0.05, 0.1) is 18.7 Å². The van der Waals surface area contributed by atoms with Gasteiger partial charge >= 0.3 is 0 Å². The summed E-state index contributed by atoms with van der Waals surface area (Å²) in [5, 5.41) is 17.5. The van der Waals surface area contributed by atoms with E-state index in [2.05, 4.69) is 16.7 Å². The summed E-state index contributed by atoms with van der Waals surface area (Å²) >= 11 is 1.58. The molecule has 2 aromatic rings. The minimum Gasteiger partial charge on any atom is -0.337 e. The van der Waals surface area contributed by atoms with Crippen molar-refractivity contribution in [2.24, 2.45) is 0 Å². The Hall–Kier alpha value is -2.23. The maximum atomic E-state index is 13.2. The highest BCUT2D eigenvalue weighted by Crippen LogP contribution is 2.29. The van der Waals surface area contributed by atoms with Crippen molar-refractivity contribution in [2.75, 3.05) is 6.54 Å². The van der Waals surface area contributed by atoms with Gasteiger partial charge in [-0.1, -0.05) is 18.2 Å². The summed E-state index contributed by atoms with van der Waals surface area (Å²) in [4.78, 5) is 13.4. The second kappa shape index (κ2) is 7.77. The van der Waals surface area contributed by atoms with Gasteiger partial charge in [0.1, 0.15) is 11.4 Å². The van der Waals surface area contributed by atoms with E-state index in [0.717, 1.165) is 23.3 Å². The van der Waals surface area contributed by atoms with E-state index >= 15 is 0 Å². The second-order valence-corrected chi connectivity index (χ2v) is 7.31. The van der Waals surface area contributed by atoms with Gasteiger partial charge in [0, 0.05) is 4.88 Å². The number of nitrogens with one attached hydrogen (secondary N) is 2. The summed E-state index contributed by atoms with van der Waals surface area (Å²) in [6.07, 6.45) is 3.35. The van der Waals surface area contributed by atoms with Crippen LogP contribution in [0.15, 0.2) is 41.8 Å². The number of thiophene rings is 1. The lowest BCUT2D eigenvalue weighted by Crippen LogP contribution is -2.48. The van der Waals surface area contributed by atoms with Gasteiger partial charge in [-0.2, -0.15) is 5.26 Å². The van der Waals surface area contributed by atoms with E-state index in [1.807, 2.05) is 17.5 Å². The maximum Gasteiger partial charge on any atom is 0.235 e. The third kappa shape index (κ3) is 4.25. The lowest BCUT2D eigenvalue weighted by atomic mass is 10.00. The molecule has 0 spiro atoms.